The molecule has 6 heteroatoms. The van der Waals surface area contributed by atoms with Crippen LogP contribution in [0.2, 0.25) is 0 Å². The molecular formula is C11H13N3O2S. The van der Waals surface area contributed by atoms with Gasteiger partial charge in [-0.3, -0.25) is 4.90 Å². The van der Waals surface area contributed by atoms with Crippen LogP contribution in [0, 0.1) is 0 Å². The van der Waals surface area contributed by atoms with Gasteiger partial charge in [0, 0.05) is 6.54 Å². The Labute approximate surface area is 105 Å². The fourth-order valence-corrected chi connectivity index (χ4v) is 1.43. The molecule has 0 unspecified atom stereocenters. The SMILES string of the molecule is C=CCN(C(=O)O)C(=S)Nc1ccccc1N. The monoisotopic (exact) mass is 251 g/mol. The molecule has 0 atom stereocenters. The van der Waals surface area contributed by atoms with E-state index in [9.17, 15) is 4.79 Å². The van der Waals surface area contributed by atoms with Gasteiger partial charge < -0.3 is 16.2 Å². The summed E-state index contributed by atoms with van der Waals surface area (Å²) in [5.74, 6) is 0. The third-order valence-electron chi connectivity index (χ3n) is 1.99. The molecule has 1 aromatic carbocycles. The highest BCUT2D eigenvalue weighted by atomic mass is 32.1. The normalized spacial score (nSPS) is 9.41. The highest BCUT2D eigenvalue weighted by Crippen LogP contribution is 2.17. The summed E-state index contributed by atoms with van der Waals surface area (Å²) >= 11 is 4.99. The first-order valence-corrected chi connectivity index (χ1v) is 5.24. The summed E-state index contributed by atoms with van der Waals surface area (Å²) in [5.41, 5.74) is 6.79. The van der Waals surface area contributed by atoms with E-state index in [-0.39, 0.29) is 11.7 Å². The molecule has 5 nitrogen and oxygen atoms in total. The van der Waals surface area contributed by atoms with Crippen molar-refractivity contribution in [1.82, 2.24) is 4.90 Å². The lowest BCUT2D eigenvalue weighted by Crippen LogP contribution is -2.38. The number of rotatable bonds is 3. The zero-order valence-corrected chi connectivity index (χ0v) is 9.91. The number of benzene rings is 1. The van der Waals surface area contributed by atoms with E-state index >= 15 is 0 Å². The first-order valence-electron chi connectivity index (χ1n) is 4.83. The van der Waals surface area contributed by atoms with E-state index in [2.05, 4.69) is 11.9 Å². The van der Waals surface area contributed by atoms with Crippen molar-refractivity contribution >= 4 is 34.8 Å². The van der Waals surface area contributed by atoms with Crippen molar-refractivity contribution < 1.29 is 9.90 Å². The maximum atomic E-state index is 10.9. The third kappa shape index (κ3) is 3.46. The highest BCUT2D eigenvalue weighted by Gasteiger charge is 2.15. The Hall–Kier alpha value is -2.08. The number of hydrogen-bond acceptors (Lipinski definition) is 3. The number of nitrogens with two attached hydrogens (primary N) is 1. The van der Waals surface area contributed by atoms with Gasteiger partial charge in [0.05, 0.1) is 11.4 Å². The van der Waals surface area contributed by atoms with E-state index in [4.69, 9.17) is 23.1 Å². The van der Waals surface area contributed by atoms with Crippen LogP contribution in [-0.4, -0.2) is 27.8 Å². The predicted octanol–water partition coefficient (Wildman–Crippen LogP) is 2.13. The average molecular weight is 251 g/mol. The Morgan fingerprint density at radius 3 is 2.76 bits per heavy atom. The Morgan fingerprint density at radius 2 is 2.24 bits per heavy atom. The second-order valence-electron chi connectivity index (χ2n) is 3.20. The minimum absolute atomic E-state index is 0.0651. The molecular weight excluding hydrogens is 238 g/mol. The number of anilines is 2. The van der Waals surface area contributed by atoms with Crippen molar-refractivity contribution in [3.05, 3.63) is 36.9 Å². The van der Waals surface area contributed by atoms with Crippen molar-refractivity contribution in [2.75, 3.05) is 17.6 Å². The van der Waals surface area contributed by atoms with E-state index in [1.165, 1.54) is 6.08 Å². The molecule has 0 spiro atoms. The van der Waals surface area contributed by atoms with Gasteiger partial charge in [-0.05, 0) is 24.4 Å². The van der Waals surface area contributed by atoms with Gasteiger partial charge in [0.1, 0.15) is 0 Å². The van der Waals surface area contributed by atoms with E-state index < -0.39 is 6.09 Å². The van der Waals surface area contributed by atoms with E-state index in [0.717, 1.165) is 4.90 Å². The molecule has 0 saturated heterocycles. The largest absolute Gasteiger partial charge is 0.465 e. The molecule has 0 aliphatic heterocycles. The number of amides is 1. The summed E-state index contributed by atoms with van der Waals surface area (Å²) in [6, 6.07) is 6.97. The van der Waals surface area contributed by atoms with E-state index in [1.807, 2.05) is 0 Å². The number of para-hydroxylation sites is 2. The molecule has 17 heavy (non-hydrogen) atoms. The van der Waals surface area contributed by atoms with Crippen molar-refractivity contribution in [2.45, 2.75) is 0 Å². The molecule has 0 aromatic heterocycles. The van der Waals surface area contributed by atoms with Crippen LogP contribution in [0.15, 0.2) is 36.9 Å². The molecule has 1 aromatic rings. The van der Waals surface area contributed by atoms with Crippen molar-refractivity contribution in [3.8, 4) is 0 Å². The van der Waals surface area contributed by atoms with Crippen molar-refractivity contribution in [1.29, 1.82) is 0 Å². The lowest BCUT2D eigenvalue weighted by molar-refractivity contribution is 0.173. The van der Waals surface area contributed by atoms with Crippen LogP contribution in [0.4, 0.5) is 16.2 Å². The summed E-state index contributed by atoms with van der Waals surface area (Å²) < 4.78 is 0. The van der Waals surface area contributed by atoms with Crippen LogP contribution in [0.1, 0.15) is 0 Å². The van der Waals surface area contributed by atoms with Gasteiger partial charge in [-0.1, -0.05) is 18.2 Å². The fraction of sp³-hybridized carbons (Fsp3) is 0.0909. The molecule has 0 fully saturated rings. The lowest BCUT2D eigenvalue weighted by Gasteiger charge is -2.19. The van der Waals surface area contributed by atoms with Gasteiger partial charge in [-0.15, -0.1) is 6.58 Å². The van der Waals surface area contributed by atoms with Crippen LogP contribution >= 0.6 is 12.2 Å². The molecule has 0 bridgehead atoms. The minimum atomic E-state index is -1.14. The predicted molar refractivity (Wildman–Crippen MR) is 72.0 cm³/mol. The molecule has 0 radical (unpaired) electrons. The second-order valence-corrected chi connectivity index (χ2v) is 3.59. The van der Waals surface area contributed by atoms with Crippen LogP contribution in [0.5, 0.6) is 0 Å². The van der Waals surface area contributed by atoms with Crippen LogP contribution in [0.3, 0.4) is 0 Å². The molecule has 1 amide bonds. The van der Waals surface area contributed by atoms with E-state index in [1.54, 1.807) is 24.3 Å². The first-order chi connectivity index (χ1) is 8.06. The molecule has 0 aliphatic carbocycles. The van der Waals surface area contributed by atoms with Gasteiger partial charge >= 0.3 is 6.09 Å². The Balaban J connectivity index is 2.80. The number of carboxylic acid groups (broad SMARTS) is 1. The number of nitrogens with one attached hydrogen (secondary N) is 1. The van der Waals surface area contributed by atoms with Crippen LogP contribution in [0.25, 0.3) is 0 Å². The Morgan fingerprint density at radius 1 is 1.59 bits per heavy atom. The summed E-state index contributed by atoms with van der Waals surface area (Å²) in [7, 11) is 0. The van der Waals surface area contributed by atoms with Gasteiger partial charge in [0.25, 0.3) is 0 Å². The highest BCUT2D eigenvalue weighted by molar-refractivity contribution is 7.80. The van der Waals surface area contributed by atoms with Gasteiger partial charge in [0.2, 0.25) is 0 Å². The first kappa shape index (κ1) is 13.0. The standard InChI is InChI=1S/C11H13N3O2S/c1-2-7-14(11(15)16)10(17)13-9-6-4-3-5-8(9)12/h2-6H,1,7,12H2,(H,13,17)(H,15,16). The summed E-state index contributed by atoms with van der Waals surface area (Å²) in [5, 5.41) is 11.8. The Kier molecular flexibility index (Phi) is 4.47. The number of thiocarbonyl (C=S) groups is 1. The quantitative estimate of drug-likeness (QED) is 0.436. The summed E-state index contributed by atoms with van der Waals surface area (Å²) in [4.78, 5) is 11.9. The third-order valence-corrected chi connectivity index (χ3v) is 2.31. The molecule has 0 aliphatic rings. The van der Waals surface area contributed by atoms with Gasteiger partial charge in [-0.25, -0.2) is 4.79 Å². The van der Waals surface area contributed by atoms with Crippen LogP contribution < -0.4 is 11.1 Å². The maximum absolute atomic E-state index is 10.9. The van der Waals surface area contributed by atoms with E-state index in [0.29, 0.717) is 11.4 Å². The maximum Gasteiger partial charge on any atom is 0.413 e. The average Bonchev–Trinajstić information content (AvgIpc) is 2.28. The number of carbonyl (C=O) groups is 1. The van der Waals surface area contributed by atoms with Crippen molar-refractivity contribution in [2.24, 2.45) is 0 Å². The molecule has 90 valence electrons. The zero-order valence-electron chi connectivity index (χ0n) is 9.09. The number of nitrogens with zero attached hydrogens (tertiary/aromatic N) is 1. The number of hydrogen-bond donors (Lipinski definition) is 3. The molecule has 0 saturated carbocycles. The van der Waals surface area contributed by atoms with Crippen molar-refractivity contribution in [3.63, 3.8) is 0 Å². The van der Waals surface area contributed by atoms with Gasteiger partial charge in [0.15, 0.2) is 5.11 Å². The smallest absolute Gasteiger partial charge is 0.413 e. The molecule has 1 rings (SSSR count). The van der Waals surface area contributed by atoms with Crippen LogP contribution in [-0.2, 0) is 0 Å². The second kappa shape index (κ2) is 5.86. The molecule has 0 heterocycles. The lowest BCUT2D eigenvalue weighted by atomic mass is 10.3. The molecule has 4 N–H and O–H groups in total. The Bertz CT molecular complexity index is 448. The minimum Gasteiger partial charge on any atom is -0.465 e. The number of nitrogen functional groups attached to an aromatic ring is 1. The summed E-state index contributed by atoms with van der Waals surface area (Å²) in [6.07, 6.45) is 0.313. The summed E-state index contributed by atoms with van der Waals surface area (Å²) in [6.45, 7) is 3.59. The van der Waals surface area contributed by atoms with Gasteiger partial charge in [-0.2, -0.15) is 0 Å². The topological polar surface area (TPSA) is 78.6 Å². The zero-order chi connectivity index (χ0) is 12.8. The fourth-order valence-electron chi connectivity index (χ4n) is 1.17.